The summed E-state index contributed by atoms with van der Waals surface area (Å²) in [5, 5.41) is 0. The molecule has 0 saturated heterocycles. The fraction of sp³-hybridized carbons (Fsp3) is 0.167. The summed E-state index contributed by atoms with van der Waals surface area (Å²) in [5.41, 5.74) is 1.75. The van der Waals surface area contributed by atoms with Crippen molar-refractivity contribution in [3.05, 3.63) is 60.7 Å². The van der Waals surface area contributed by atoms with Crippen molar-refractivity contribution in [1.29, 1.82) is 0 Å². The van der Waals surface area contributed by atoms with Crippen LogP contribution in [0.1, 0.15) is 6.92 Å². The van der Waals surface area contributed by atoms with Crippen molar-refractivity contribution in [2.75, 3.05) is 5.75 Å². The first-order valence-corrected chi connectivity index (χ1v) is 9.18. The summed E-state index contributed by atoms with van der Waals surface area (Å²) in [4.78, 5) is 4.52. The molecule has 0 unspecified atom stereocenters. The van der Waals surface area contributed by atoms with E-state index in [0.29, 0.717) is 22.5 Å². The summed E-state index contributed by atoms with van der Waals surface area (Å²) in [7, 11) is -1.66. The predicted molar refractivity (Wildman–Crippen MR) is 91.8 cm³/mol. The molecule has 3 rings (SSSR count). The maximum absolute atomic E-state index is 13.7. The van der Waals surface area contributed by atoms with Crippen LogP contribution in [-0.4, -0.2) is 23.7 Å². The van der Waals surface area contributed by atoms with Crippen molar-refractivity contribution in [1.82, 2.24) is 9.55 Å². The number of hydrogen-bond donors (Lipinski definition) is 0. The van der Waals surface area contributed by atoms with E-state index < -0.39 is 9.84 Å². The average Bonchev–Trinajstić information content (AvgIpc) is 3.00. The van der Waals surface area contributed by atoms with Gasteiger partial charge in [0.2, 0.25) is 0 Å². The Bertz CT molecular complexity index is 994. The second-order valence-electron chi connectivity index (χ2n) is 5.45. The lowest BCUT2D eigenvalue weighted by atomic mass is 9.99. The highest BCUT2D eigenvalue weighted by Gasteiger charge is 2.23. The normalized spacial score (nSPS) is 11.6. The van der Waals surface area contributed by atoms with E-state index in [-0.39, 0.29) is 16.5 Å². The monoisotopic (exact) mass is 344 g/mol. The molecule has 3 aromatic rings. The number of hydrogen-bond acceptors (Lipinski definition) is 3. The molecule has 0 aliphatic heterocycles. The van der Waals surface area contributed by atoms with Crippen LogP contribution in [0.2, 0.25) is 0 Å². The minimum absolute atomic E-state index is 0.0168. The molecule has 0 aliphatic rings. The lowest BCUT2D eigenvalue weighted by Gasteiger charge is -2.15. The maximum atomic E-state index is 13.7. The highest BCUT2D eigenvalue weighted by atomic mass is 32.2. The second-order valence-corrected chi connectivity index (χ2v) is 7.70. The first-order valence-electron chi connectivity index (χ1n) is 7.53. The summed E-state index contributed by atoms with van der Waals surface area (Å²) in [6.45, 7) is 1.60. The number of halogens is 1. The van der Waals surface area contributed by atoms with Gasteiger partial charge in [0, 0.05) is 25.0 Å². The second kappa shape index (κ2) is 6.20. The van der Waals surface area contributed by atoms with Gasteiger partial charge in [-0.3, -0.25) is 0 Å². The van der Waals surface area contributed by atoms with Crippen LogP contribution in [0.4, 0.5) is 4.39 Å². The molecule has 0 fully saturated rings. The predicted octanol–water partition coefficient (Wildman–Crippen LogP) is 3.69. The molecule has 2 aromatic carbocycles. The topological polar surface area (TPSA) is 52.0 Å². The van der Waals surface area contributed by atoms with E-state index in [1.807, 2.05) is 0 Å². The average molecular weight is 344 g/mol. The smallest absolute Gasteiger partial charge is 0.178 e. The molecule has 1 heterocycles. The number of aryl methyl sites for hydroxylation is 1. The lowest BCUT2D eigenvalue weighted by Crippen LogP contribution is -2.08. The Labute approximate surface area is 140 Å². The van der Waals surface area contributed by atoms with E-state index >= 15 is 0 Å². The number of nitrogens with zero attached hydrogens (tertiary/aromatic N) is 2. The third kappa shape index (κ3) is 2.85. The van der Waals surface area contributed by atoms with Crippen LogP contribution >= 0.6 is 0 Å². The number of aromatic nitrogens is 2. The van der Waals surface area contributed by atoms with E-state index in [4.69, 9.17) is 0 Å². The minimum atomic E-state index is -3.46. The van der Waals surface area contributed by atoms with Gasteiger partial charge >= 0.3 is 0 Å². The third-order valence-electron chi connectivity index (χ3n) is 3.92. The van der Waals surface area contributed by atoms with Crippen molar-refractivity contribution in [2.45, 2.75) is 11.8 Å². The molecule has 0 radical (unpaired) electrons. The van der Waals surface area contributed by atoms with Crippen LogP contribution < -0.4 is 0 Å². The molecule has 0 spiro atoms. The number of sulfone groups is 1. The first-order chi connectivity index (χ1) is 11.4. The zero-order chi connectivity index (χ0) is 17.3. The van der Waals surface area contributed by atoms with Crippen molar-refractivity contribution in [3.8, 4) is 22.5 Å². The van der Waals surface area contributed by atoms with E-state index in [0.717, 1.165) is 0 Å². The maximum Gasteiger partial charge on any atom is 0.178 e. The SMILES string of the molecule is CCS(=O)(=O)c1cccc(-c2cccc(F)c2)c1-c1nccn1C. The Morgan fingerprint density at radius 1 is 1.17 bits per heavy atom. The molecule has 0 amide bonds. The van der Waals surface area contributed by atoms with Crippen molar-refractivity contribution < 1.29 is 12.8 Å². The minimum Gasteiger partial charge on any atom is -0.334 e. The van der Waals surface area contributed by atoms with Crippen molar-refractivity contribution in [3.63, 3.8) is 0 Å². The number of benzene rings is 2. The van der Waals surface area contributed by atoms with Gasteiger partial charge in [0.15, 0.2) is 9.84 Å². The molecule has 6 heteroatoms. The number of imidazole rings is 1. The van der Waals surface area contributed by atoms with Gasteiger partial charge in [-0.1, -0.05) is 31.2 Å². The van der Waals surface area contributed by atoms with Gasteiger partial charge in [-0.05, 0) is 29.3 Å². The molecule has 4 nitrogen and oxygen atoms in total. The Kier molecular flexibility index (Phi) is 4.24. The van der Waals surface area contributed by atoms with Crippen molar-refractivity contribution in [2.24, 2.45) is 7.05 Å². The van der Waals surface area contributed by atoms with Crippen LogP contribution in [0.3, 0.4) is 0 Å². The quantitative estimate of drug-likeness (QED) is 0.725. The first kappa shape index (κ1) is 16.4. The molecular formula is C18H17FN2O2S. The van der Waals surface area contributed by atoms with Gasteiger partial charge in [0.05, 0.1) is 10.6 Å². The standard InChI is InChI=1S/C18H17FN2O2S/c1-3-24(22,23)16-9-5-8-15(13-6-4-7-14(19)12-13)17(16)18-20-10-11-21(18)2/h4-12H,3H2,1-2H3. The van der Waals surface area contributed by atoms with Crippen molar-refractivity contribution >= 4 is 9.84 Å². The van der Waals surface area contributed by atoms with Gasteiger partial charge in [0.25, 0.3) is 0 Å². The molecule has 0 bridgehead atoms. The van der Waals surface area contributed by atoms with E-state index in [1.54, 1.807) is 61.3 Å². The lowest BCUT2D eigenvalue weighted by molar-refractivity contribution is 0.597. The molecule has 24 heavy (non-hydrogen) atoms. The Morgan fingerprint density at radius 2 is 1.92 bits per heavy atom. The van der Waals surface area contributed by atoms with E-state index in [9.17, 15) is 12.8 Å². The summed E-state index contributed by atoms with van der Waals surface area (Å²) < 4.78 is 40.6. The van der Waals surface area contributed by atoms with Crippen LogP contribution in [0, 0.1) is 5.82 Å². The van der Waals surface area contributed by atoms with Gasteiger partial charge in [-0.25, -0.2) is 17.8 Å². The van der Waals surface area contributed by atoms with E-state index in [2.05, 4.69) is 4.98 Å². The molecule has 1 aromatic heterocycles. The van der Waals surface area contributed by atoms with Crippen LogP contribution in [0.5, 0.6) is 0 Å². The molecule has 0 saturated carbocycles. The Hall–Kier alpha value is -2.47. The van der Waals surface area contributed by atoms with E-state index in [1.165, 1.54) is 12.1 Å². The zero-order valence-electron chi connectivity index (χ0n) is 13.4. The highest BCUT2D eigenvalue weighted by Crippen LogP contribution is 2.36. The summed E-state index contributed by atoms with van der Waals surface area (Å²) >= 11 is 0. The van der Waals surface area contributed by atoms with Crippen LogP contribution in [0.15, 0.2) is 59.8 Å². The van der Waals surface area contributed by atoms with Gasteiger partial charge in [0.1, 0.15) is 11.6 Å². The molecule has 0 N–H and O–H groups in total. The van der Waals surface area contributed by atoms with Crippen LogP contribution in [0.25, 0.3) is 22.5 Å². The van der Waals surface area contributed by atoms with Gasteiger partial charge in [-0.2, -0.15) is 0 Å². The van der Waals surface area contributed by atoms with Gasteiger partial charge in [-0.15, -0.1) is 0 Å². The largest absolute Gasteiger partial charge is 0.334 e. The summed E-state index contributed by atoms with van der Waals surface area (Å²) in [5.74, 6) is 0.140. The fourth-order valence-electron chi connectivity index (χ4n) is 2.68. The number of rotatable bonds is 4. The summed E-state index contributed by atoms with van der Waals surface area (Å²) in [6.07, 6.45) is 3.36. The fourth-order valence-corrected chi connectivity index (χ4v) is 3.79. The summed E-state index contributed by atoms with van der Waals surface area (Å²) in [6, 6.07) is 11.1. The Morgan fingerprint density at radius 3 is 2.54 bits per heavy atom. The highest BCUT2D eigenvalue weighted by molar-refractivity contribution is 7.91. The molecule has 0 aliphatic carbocycles. The van der Waals surface area contributed by atoms with Crippen LogP contribution in [-0.2, 0) is 16.9 Å². The molecule has 0 atom stereocenters. The zero-order valence-corrected chi connectivity index (χ0v) is 14.2. The third-order valence-corrected chi connectivity index (χ3v) is 5.69. The molecular weight excluding hydrogens is 327 g/mol. The van der Waals surface area contributed by atoms with Gasteiger partial charge < -0.3 is 4.57 Å². The molecule has 124 valence electrons. The Balaban J connectivity index is 2.39.